The summed E-state index contributed by atoms with van der Waals surface area (Å²) in [5.74, 6) is 0. The molecule has 0 spiro atoms. The lowest BCUT2D eigenvalue weighted by atomic mass is 10.4. The van der Waals surface area contributed by atoms with Crippen LogP contribution in [0.25, 0.3) is 0 Å². The Morgan fingerprint density at radius 2 is 1.90 bits per heavy atom. The van der Waals surface area contributed by atoms with Crippen LogP contribution in [-0.4, -0.2) is 0 Å². The molecule has 0 bridgehead atoms. The second-order valence-electron chi connectivity index (χ2n) is 1.61. The van der Waals surface area contributed by atoms with Gasteiger partial charge in [0.15, 0.2) is 0 Å². The highest BCUT2D eigenvalue weighted by Gasteiger charge is 1.60. The van der Waals surface area contributed by atoms with E-state index >= 15 is 0 Å². The molecule has 0 aliphatic heterocycles. The first-order valence-corrected chi connectivity index (χ1v) is 3.23. The van der Waals surface area contributed by atoms with Gasteiger partial charge in [0, 0.05) is 6.08 Å². The average molecular weight is 131 g/mol. The van der Waals surface area contributed by atoms with Gasteiger partial charge in [-0.3, -0.25) is 0 Å². The van der Waals surface area contributed by atoms with Crippen molar-refractivity contribution in [1.82, 2.24) is 0 Å². The molecule has 0 aromatic rings. The Balaban J connectivity index is 0.000000180. The first kappa shape index (κ1) is 8.78. The van der Waals surface area contributed by atoms with Crippen LogP contribution in [0.4, 0.5) is 0 Å². The summed E-state index contributed by atoms with van der Waals surface area (Å²) < 4.78 is 0. The van der Waals surface area contributed by atoms with Crippen molar-refractivity contribution in [2.75, 3.05) is 0 Å². The Bertz CT molecular complexity index is 182. The van der Waals surface area contributed by atoms with Gasteiger partial charge in [0.25, 0.3) is 0 Å². The Morgan fingerprint density at radius 1 is 1.20 bits per heavy atom. The van der Waals surface area contributed by atoms with E-state index in [2.05, 4.69) is 17.5 Å². The third-order valence-electron chi connectivity index (χ3n) is 0.837. The molecule has 0 amide bonds. The molecule has 0 N–H and O–H groups in total. The molecule has 10 heavy (non-hydrogen) atoms. The minimum atomic E-state index is 1.79. The number of rotatable bonds is 0. The van der Waals surface area contributed by atoms with E-state index in [9.17, 15) is 0 Å². The van der Waals surface area contributed by atoms with Crippen LogP contribution in [0, 0.1) is 6.08 Å². The summed E-state index contributed by atoms with van der Waals surface area (Å²) >= 11 is 0. The largest absolute Gasteiger partial charge is 0.0919 e. The molecule has 1 aliphatic carbocycles. The van der Waals surface area contributed by atoms with Crippen LogP contribution < -0.4 is 0 Å². The van der Waals surface area contributed by atoms with Crippen molar-refractivity contribution in [3.8, 4) is 0 Å². The molecule has 0 heteroatoms. The van der Waals surface area contributed by atoms with Crippen LogP contribution in [0.2, 0.25) is 0 Å². The zero-order valence-electron chi connectivity index (χ0n) is 6.39. The first-order chi connectivity index (χ1) is 4.91. The van der Waals surface area contributed by atoms with Crippen molar-refractivity contribution in [2.24, 2.45) is 0 Å². The number of hydrogen-bond acceptors (Lipinski definition) is 0. The second kappa shape index (κ2) is 7.78. The van der Waals surface area contributed by atoms with Gasteiger partial charge >= 0.3 is 0 Å². The van der Waals surface area contributed by atoms with Crippen LogP contribution in [0.15, 0.2) is 41.8 Å². The lowest BCUT2D eigenvalue weighted by Gasteiger charge is -1.66. The molecule has 0 nitrogen and oxygen atoms in total. The average Bonchev–Trinajstić information content (AvgIpc) is 2.08. The Hall–Kier alpha value is -1.22. The van der Waals surface area contributed by atoms with Gasteiger partial charge in [0.05, 0.1) is 0 Å². The fraction of sp³-hybridized carbons (Fsp3) is 0.200. The molecule has 0 unspecified atom stereocenters. The Kier molecular flexibility index (Phi) is 6.83. The summed E-state index contributed by atoms with van der Waals surface area (Å²) in [4.78, 5) is 0. The number of allylic oxidation sites excluding steroid dienone is 6. The standard InChI is InChI=1S/C6H3.C4H8/c1-2-4-6-5-3-1;1-3-4-2/h1-3H;3-4H,1-2H3/b;4-3-. The maximum atomic E-state index is 2.71. The molecule has 0 atom stereocenters. The molecular weight excluding hydrogens is 120 g/mol. The molecule has 0 aromatic heterocycles. The first-order valence-electron chi connectivity index (χ1n) is 3.23. The summed E-state index contributed by atoms with van der Waals surface area (Å²) in [7, 11) is 0. The lowest BCUT2D eigenvalue weighted by molar-refractivity contribution is 1.64. The van der Waals surface area contributed by atoms with Gasteiger partial charge in [0.1, 0.15) is 0 Å². The van der Waals surface area contributed by atoms with Crippen molar-refractivity contribution < 1.29 is 0 Å². The molecule has 1 rings (SSSR count). The predicted molar refractivity (Wildman–Crippen MR) is 44.5 cm³/mol. The van der Waals surface area contributed by atoms with E-state index in [4.69, 9.17) is 0 Å². The SMILES string of the molecule is C/C=C\C.[C]1=C=C=CC=C1. The highest BCUT2D eigenvalue weighted by atomic mass is 13.6. The second-order valence-corrected chi connectivity index (χ2v) is 1.61. The van der Waals surface area contributed by atoms with Crippen molar-refractivity contribution in [3.05, 3.63) is 47.9 Å². The van der Waals surface area contributed by atoms with Crippen LogP contribution in [-0.2, 0) is 0 Å². The highest BCUT2D eigenvalue weighted by Crippen LogP contribution is 1.77. The maximum Gasteiger partial charge on any atom is 0.0405 e. The van der Waals surface area contributed by atoms with E-state index in [-0.39, 0.29) is 0 Å². The maximum absolute atomic E-state index is 2.71. The van der Waals surface area contributed by atoms with E-state index in [1.807, 2.05) is 32.1 Å². The minimum absolute atomic E-state index is 1.79. The lowest BCUT2D eigenvalue weighted by Crippen LogP contribution is -1.49. The summed E-state index contributed by atoms with van der Waals surface area (Å²) in [5.41, 5.74) is 5.35. The predicted octanol–water partition coefficient (Wildman–Crippen LogP) is 2.81. The highest BCUT2D eigenvalue weighted by molar-refractivity contribution is 5.10. The third kappa shape index (κ3) is 6.78. The van der Waals surface area contributed by atoms with Gasteiger partial charge < -0.3 is 0 Å². The fourth-order valence-corrected chi connectivity index (χ4v) is 0.269. The van der Waals surface area contributed by atoms with Crippen molar-refractivity contribution >= 4 is 0 Å². The molecule has 51 valence electrons. The van der Waals surface area contributed by atoms with E-state index < -0.39 is 0 Å². The van der Waals surface area contributed by atoms with Gasteiger partial charge in [-0.05, 0) is 26.0 Å². The Morgan fingerprint density at radius 3 is 2.00 bits per heavy atom. The molecule has 1 aliphatic rings. The van der Waals surface area contributed by atoms with Crippen molar-refractivity contribution in [2.45, 2.75) is 13.8 Å². The van der Waals surface area contributed by atoms with E-state index in [0.29, 0.717) is 0 Å². The van der Waals surface area contributed by atoms with Gasteiger partial charge in [-0.1, -0.05) is 29.7 Å². The molecule has 1 radical (unpaired) electrons. The molecule has 0 fully saturated rings. The monoisotopic (exact) mass is 131 g/mol. The van der Waals surface area contributed by atoms with E-state index in [1.165, 1.54) is 0 Å². The van der Waals surface area contributed by atoms with Crippen LogP contribution in [0.3, 0.4) is 0 Å². The smallest absolute Gasteiger partial charge is 0.0405 e. The number of hydrogen-bond donors (Lipinski definition) is 0. The van der Waals surface area contributed by atoms with Crippen LogP contribution in [0.5, 0.6) is 0 Å². The molecule has 0 aromatic carbocycles. The molecule has 0 saturated heterocycles. The normalized spacial score (nSPS) is 11.8. The summed E-state index contributed by atoms with van der Waals surface area (Å²) in [5, 5.41) is 0. The van der Waals surface area contributed by atoms with Crippen molar-refractivity contribution in [3.63, 3.8) is 0 Å². The Labute approximate surface area is 62.6 Å². The van der Waals surface area contributed by atoms with Crippen LogP contribution in [0.1, 0.15) is 13.8 Å². The zero-order chi connectivity index (χ0) is 7.66. The summed E-state index contributed by atoms with van der Waals surface area (Å²) in [6, 6.07) is 0. The fourth-order valence-electron chi connectivity index (χ4n) is 0.269. The van der Waals surface area contributed by atoms with Gasteiger partial charge in [0.2, 0.25) is 0 Å². The zero-order valence-corrected chi connectivity index (χ0v) is 6.39. The van der Waals surface area contributed by atoms with Gasteiger partial charge in [-0.15, -0.1) is 0 Å². The van der Waals surface area contributed by atoms with Gasteiger partial charge in [-0.25, -0.2) is 0 Å². The minimum Gasteiger partial charge on any atom is -0.0919 e. The van der Waals surface area contributed by atoms with E-state index in [1.54, 1.807) is 12.2 Å². The summed E-state index contributed by atoms with van der Waals surface area (Å²) in [6.07, 6.45) is 12.1. The summed E-state index contributed by atoms with van der Waals surface area (Å²) in [6.45, 7) is 4.00. The molecular formula is C10H11. The molecule has 0 saturated carbocycles. The van der Waals surface area contributed by atoms with Gasteiger partial charge in [-0.2, -0.15) is 0 Å². The van der Waals surface area contributed by atoms with Crippen molar-refractivity contribution in [1.29, 1.82) is 0 Å². The topological polar surface area (TPSA) is 0 Å². The third-order valence-corrected chi connectivity index (χ3v) is 0.837. The molecule has 0 heterocycles. The quantitative estimate of drug-likeness (QED) is 0.350. The van der Waals surface area contributed by atoms with E-state index in [0.717, 1.165) is 0 Å². The van der Waals surface area contributed by atoms with Crippen LogP contribution >= 0.6 is 0 Å².